The maximum absolute atomic E-state index is 12.3. The van der Waals surface area contributed by atoms with E-state index in [2.05, 4.69) is 16.9 Å². The van der Waals surface area contributed by atoms with Crippen molar-refractivity contribution in [2.45, 2.75) is 19.4 Å². The molecule has 17 heavy (non-hydrogen) atoms. The molecule has 1 aromatic rings. The molecule has 0 aliphatic carbocycles. The molecule has 2 rings (SSSR count). The highest BCUT2D eigenvalue weighted by atomic mass is 16.1. The van der Waals surface area contributed by atoms with Crippen molar-refractivity contribution in [1.29, 1.82) is 0 Å². The number of nitrogens with zero attached hydrogens (tertiary/aromatic N) is 3. The maximum atomic E-state index is 12.3. The molecule has 1 saturated heterocycles. The molecule has 5 heteroatoms. The van der Waals surface area contributed by atoms with E-state index in [9.17, 15) is 4.79 Å². The van der Waals surface area contributed by atoms with Crippen molar-refractivity contribution in [2.75, 3.05) is 26.7 Å². The van der Waals surface area contributed by atoms with E-state index in [1.54, 1.807) is 6.20 Å². The van der Waals surface area contributed by atoms with Gasteiger partial charge in [-0.05, 0) is 33.0 Å². The van der Waals surface area contributed by atoms with Crippen molar-refractivity contribution in [1.82, 2.24) is 14.5 Å². The fraction of sp³-hybridized carbons (Fsp3) is 0.667. The Morgan fingerprint density at radius 2 is 2.24 bits per heavy atom. The molecule has 0 aromatic carbocycles. The van der Waals surface area contributed by atoms with Crippen LogP contribution in [0.5, 0.6) is 0 Å². The summed E-state index contributed by atoms with van der Waals surface area (Å²) in [6.45, 7) is 3.18. The number of piperidine rings is 1. The lowest BCUT2D eigenvalue weighted by atomic mass is 9.92. The van der Waals surface area contributed by atoms with Gasteiger partial charge < -0.3 is 15.2 Å². The van der Waals surface area contributed by atoms with Gasteiger partial charge in [-0.3, -0.25) is 4.79 Å². The second-order valence-corrected chi connectivity index (χ2v) is 4.67. The van der Waals surface area contributed by atoms with E-state index in [1.165, 1.54) is 0 Å². The first-order valence-electron chi connectivity index (χ1n) is 6.16. The first kappa shape index (κ1) is 12.3. The molecule has 0 spiro atoms. The average Bonchev–Trinajstić information content (AvgIpc) is 2.78. The van der Waals surface area contributed by atoms with Crippen LogP contribution in [0.15, 0.2) is 12.4 Å². The van der Waals surface area contributed by atoms with Gasteiger partial charge in [-0.15, -0.1) is 0 Å². The lowest BCUT2D eigenvalue weighted by molar-refractivity contribution is 0.0841. The van der Waals surface area contributed by atoms with Gasteiger partial charge in [0.05, 0.1) is 0 Å². The van der Waals surface area contributed by atoms with E-state index >= 15 is 0 Å². The molecule has 0 bridgehead atoms. The number of carbonyl (C=O) groups is 1. The van der Waals surface area contributed by atoms with Gasteiger partial charge in [0.1, 0.15) is 0 Å². The van der Waals surface area contributed by atoms with Gasteiger partial charge in [0.2, 0.25) is 5.78 Å². The Labute approximate surface area is 102 Å². The molecule has 5 nitrogen and oxygen atoms in total. The van der Waals surface area contributed by atoms with Crippen molar-refractivity contribution in [3.63, 3.8) is 0 Å². The Morgan fingerprint density at radius 1 is 1.53 bits per heavy atom. The summed E-state index contributed by atoms with van der Waals surface area (Å²) < 4.78 is 1.86. The Morgan fingerprint density at radius 3 is 2.88 bits per heavy atom. The molecule has 94 valence electrons. The van der Waals surface area contributed by atoms with Crippen molar-refractivity contribution in [3.05, 3.63) is 18.2 Å². The van der Waals surface area contributed by atoms with Gasteiger partial charge in [0, 0.05) is 31.4 Å². The maximum Gasteiger partial charge on any atom is 0.201 e. The summed E-state index contributed by atoms with van der Waals surface area (Å²) in [6, 6.07) is 0. The number of ketones is 1. The quantitative estimate of drug-likeness (QED) is 0.767. The SMILES string of the molecule is CN1CCC(C(=O)c2nccn2CCN)CC1. The van der Waals surface area contributed by atoms with Gasteiger partial charge >= 0.3 is 0 Å². The standard InChI is InChI=1S/C12H20N4O/c1-15-6-2-10(3-7-15)11(17)12-14-5-9-16(12)8-4-13/h5,9-10H,2-4,6-8,13H2,1H3. The largest absolute Gasteiger partial charge is 0.329 e. The van der Waals surface area contributed by atoms with Crippen molar-refractivity contribution >= 4 is 5.78 Å². The van der Waals surface area contributed by atoms with Crippen LogP contribution in [-0.2, 0) is 6.54 Å². The fourth-order valence-electron chi connectivity index (χ4n) is 2.31. The summed E-state index contributed by atoms with van der Waals surface area (Å²) in [5.41, 5.74) is 5.52. The zero-order chi connectivity index (χ0) is 12.3. The molecule has 1 aliphatic rings. The lowest BCUT2D eigenvalue weighted by Crippen LogP contribution is -2.34. The summed E-state index contributed by atoms with van der Waals surface area (Å²) >= 11 is 0. The molecule has 0 saturated carbocycles. The summed E-state index contributed by atoms with van der Waals surface area (Å²) in [6.07, 6.45) is 5.38. The molecule has 0 radical (unpaired) electrons. The van der Waals surface area contributed by atoms with Crippen LogP contribution in [0.3, 0.4) is 0 Å². The molecule has 2 heterocycles. The number of carbonyl (C=O) groups excluding carboxylic acids is 1. The van der Waals surface area contributed by atoms with Crippen LogP contribution < -0.4 is 5.73 Å². The normalized spacial score (nSPS) is 18.5. The van der Waals surface area contributed by atoms with Gasteiger partial charge in [0.15, 0.2) is 5.82 Å². The topological polar surface area (TPSA) is 64.2 Å². The van der Waals surface area contributed by atoms with Crippen LogP contribution in [0.2, 0.25) is 0 Å². The van der Waals surface area contributed by atoms with Gasteiger partial charge in [-0.1, -0.05) is 0 Å². The molecular weight excluding hydrogens is 216 g/mol. The Kier molecular flexibility index (Phi) is 3.91. The molecule has 1 fully saturated rings. The number of aromatic nitrogens is 2. The molecule has 0 atom stereocenters. The second-order valence-electron chi connectivity index (χ2n) is 4.67. The minimum absolute atomic E-state index is 0.130. The van der Waals surface area contributed by atoms with Crippen molar-refractivity contribution < 1.29 is 4.79 Å². The van der Waals surface area contributed by atoms with Gasteiger partial charge in [0.25, 0.3) is 0 Å². The number of hydrogen-bond donors (Lipinski definition) is 1. The minimum atomic E-state index is 0.130. The zero-order valence-electron chi connectivity index (χ0n) is 10.3. The Balaban J connectivity index is 2.06. The number of nitrogens with two attached hydrogens (primary N) is 1. The second kappa shape index (κ2) is 5.42. The van der Waals surface area contributed by atoms with Crippen LogP contribution in [0.4, 0.5) is 0 Å². The van der Waals surface area contributed by atoms with Crippen LogP contribution in [-0.4, -0.2) is 46.9 Å². The monoisotopic (exact) mass is 236 g/mol. The molecule has 0 unspecified atom stereocenters. The summed E-state index contributed by atoms with van der Waals surface area (Å²) in [5, 5.41) is 0. The number of rotatable bonds is 4. The van der Waals surface area contributed by atoms with Gasteiger partial charge in [-0.2, -0.15) is 0 Å². The van der Waals surface area contributed by atoms with E-state index in [0.29, 0.717) is 18.9 Å². The van der Waals surface area contributed by atoms with E-state index < -0.39 is 0 Å². The number of hydrogen-bond acceptors (Lipinski definition) is 4. The Bertz CT molecular complexity index is 380. The van der Waals surface area contributed by atoms with Crippen LogP contribution >= 0.6 is 0 Å². The predicted molar refractivity (Wildman–Crippen MR) is 65.8 cm³/mol. The molecule has 1 aromatic heterocycles. The minimum Gasteiger partial charge on any atom is -0.329 e. The first-order chi connectivity index (χ1) is 8.22. The average molecular weight is 236 g/mol. The Hall–Kier alpha value is -1.20. The molecule has 2 N–H and O–H groups in total. The fourth-order valence-corrected chi connectivity index (χ4v) is 2.31. The highest BCUT2D eigenvalue weighted by molar-refractivity contribution is 5.94. The van der Waals surface area contributed by atoms with E-state index in [4.69, 9.17) is 5.73 Å². The zero-order valence-corrected chi connectivity index (χ0v) is 10.3. The lowest BCUT2D eigenvalue weighted by Gasteiger charge is -2.27. The highest BCUT2D eigenvalue weighted by Crippen LogP contribution is 2.20. The van der Waals surface area contributed by atoms with E-state index in [-0.39, 0.29) is 11.7 Å². The summed E-state index contributed by atoms with van der Waals surface area (Å²) in [4.78, 5) is 18.8. The predicted octanol–water partition coefficient (Wildman–Crippen LogP) is 0.366. The number of Topliss-reactive ketones (excluding diaryl/α,β-unsaturated/α-hetero) is 1. The van der Waals surface area contributed by atoms with E-state index in [1.807, 2.05) is 10.8 Å². The van der Waals surface area contributed by atoms with Gasteiger partial charge in [-0.25, -0.2) is 4.98 Å². The smallest absolute Gasteiger partial charge is 0.201 e. The summed E-state index contributed by atoms with van der Waals surface area (Å²) in [5.74, 6) is 0.881. The highest BCUT2D eigenvalue weighted by Gasteiger charge is 2.26. The first-order valence-corrected chi connectivity index (χ1v) is 6.16. The van der Waals surface area contributed by atoms with Crippen LogP contribution in [0.1, 0.15) is 23.5 Å². The van der Waals surface area contributed by atoms with E-state index in [0.717, 1.165) is 25.9 Å². The molecule has 0 amide bonds. The molecular formula is C12H20N4O. The number of imidazole rings is 1. The molecule has 1 aliphatic heterocycles. The van der Waals surface area contributed by atoms with Crippen LogP contribution in [0.25, 0.3) is 0 Å². The third kappa shape index (κ3) is 2.73. The van der Waals surface area contributed by atoms with Crippen molar-refractivity contribution in [2.24, 2.45) is 11.7 Å². The summed E-state index contributed by atoms with van der Waals surface area (Å²) in [7, 11) is 2.09. The van der Waals surface area contributed by atoms with Crippen molar-refractivity contribution in [3.8, 4) is 0 Å². The van der Waals surface area contributed by atoms with Crippen LogP contribution in [0, 0.1) is 5.92 Å². The third-order valence-corrected chi connectivity index (χ3v) is 3.40. The number of likely N-dealkylation sites (tertiary alicyclic amines) is 1. The third-order valence-electron chi connectivity index (χ3n) is 3.40.